The molecule has 0 fully saturated rings. The molecule has 150 valence electrons. The second-order valence-corrected chi connectivity index (χ2v) is 10.4. The van der Waals surface area contributed by atoms with Crippen LogP contribution < -0.4 is 0 Å². The highest BCUT2D eigenvalue weighted by Gasteiger charge is 2.41. The van der Waals surface area contributed by atoms with Crippen LogP contribution in [0.1, 0.15) is 67.3 Å². The lowest BCUT2D eigenvalue weighted by Gasteiger charge is -2.29. The molecule has 1 aliphatic carbocycles. The maximum atomic E-state index is 3.72. The maximum Gasteiger partial charge on any atom is 0.0436 e. The van der Waals surface area contributed by atoms with Gasteiger partial charge in [0, 0.05) is 14.4 Å². The third-order valence-electron chi connectivity index (χ3n) is 6.36. The summed E-state index contributed by atoms with van der Waals surface area (Å²) >= 11 is 7.43. The first kappa shape index (κ1) is 20.9. The van der Waals surface area contributed by atoms with Crippen molar-refractivity contribution in [2.45, 2.75) is 58.3 Å². The van der Waals surface area contributed by atoms with Crippen molar-refractivity contribution >= 4 is 31.9 Å². The van der Waals surface area contributed by atoms with Gasteiger partial charge in [0.1, 0.15) is 0 Å². The number of rotatable bonds is 6. The largest absolute Gasteiger partial charge is 0.0654 e. The zero-order chi connectivity index (χ0) is 20.6. The van der Waals surface area contributed by atoms with E-state index in [0.717, 1.165) is 8.95 Å². The van der Waals surface area contributed by atoms with Gasteiger partial charge in [0.25, 0.3) is 0 Å². The van der Waals surface area contributed by atoms with E-state index in [9.17, 15) is 0 Å². The molecule has 1 aliphatic rings. The monoisotopic (exact) mass is 510 g/mol. The highest BCUT2D eigenvalue weighted by Crippen LogP contribution is 2.53. The van der Waals surface area contributed by atoms with E-state index in [1.165, 1.54) is 71.0 Å². The van der Waals surface area contributed by atoms with Crippen LogP contribution in [0, 0.1) is 6.92 Å². The van der Waals surface area contributed by atoms with Crippen LogP contribution in [0.25, 0.3) is 11.1 Å². The van der Waals surface area contributed by atoms with E-state index >= 15 is 0 Å². The summed E-state index contributed by atoms with van der Waals surface area (Å²) in [5, 5.41) is 0. The molecule has 29 heavy (non-hydrogen) atoms. The Kier molecular flexibility index (Phi) is 6.04. The summed E-state index contributed by atoms with van der Waals surface area (Å²) < 4.78 is 2.28. The minimum absolute atomic E-state index is 0.150. The van der Waals surface area contributed by atoms with Gasteiger partial charge in [-0.3, -0.25) is 0 Å². The van der Waals surface area contributed by atoms with Crippen molar-refractivity contribution in [2.75, 3.05) is 0 Å². The highest BCUT2D eigenvalue weighted by molar-refractivity contribution is 9.10. The fourth-order valence-corrected chi connectivity index (χ4v) is 5.56. The summed E-state index contributed by atoms with van der Waals surface area (Å²) in [6.07, 6.45) is 6.38. The number of benzene rings is 3. The lowest BCUT2D eigenvalue weighted by Crippen LogP contribution is -2.23. The molecule has 2 heteroatoms. The minimum Gasteiger partial charge on any atom is -0.0654 e. The Morgan fingerprint density at radius 1 is 0.759 bits per heavy atom. The van der Waals surface area contributed by atoms with Crippen molar-refractivity contribution in [3.63, 3.8) is 0 Å². The molecule has 0 radical (unpaired) electrons. The second-order valence-electron chi connectivity index (χ2n) is 8.52. The molecule has 0 aliphatic heterocycles. The molecule has 0 aromatic heterocycles. The lowest BCUT2D eigenvalue weighted by molar-refractivity contribution is 0.663. The molecular formula is C27H28Br2. The number of unbranched alkanes of at least 4 members (excludes halogenated alkanes) is 3. The van der Waals surface area contributed by atoms with Crippen LogP contribution in [0.4, 0.5) is 0 Å². The number of hydrogen-bond donors (Lipinski definition) is 0. The number of halogens is 2. The smallest absolute Gasteiger partial charge is 0.0436 e. The van der Waals surface area contributed by atoms with E-state index in [2.05, 4.69) is 107 Å². The van der Waals surface area contributed by atoms with Crippen molar-refractivity contribution in [3.05, 3.63) is 91.4 Å². The molecule has 0 heterocycles. The first-order chi connectivity index (χ1) is 13.9. The van der Waals surface area contributed by atoms with Gasteiger partial charge >= 0.3 is 0 Å². The molecule has 0 N–H and O–H groups in total. The average Bonchev–Trinajstić information content (AvgIpc) is 2.94. The molecule has 0 atom stereocenters. The van der Waals surface area contributed by atoms with Crippen molar-refractivity contribution < 1.29 is 0 Å². The van der Waals surface area contributed by atoms with Crippen LogP contribution in [-0.4, -0.2) is 0 Å². The molecule has 3 aromatic carbocycles. The quantitative estimate of drug-likeness (QED) is 0.289. The summed E-state index contributed by atoms with van der Waals surface area (Å²) in [7, 11) is 0. The number of aryl methyl sites for hydroxylation is 2. The van der Waals surface area contributed by atoms with Gasteiger partial charge in [-0.05, 0) is 84.3 Å². The molecule has 0 nitrogen and oxygen atoms in total. The van der Waals surface area contributed by atoms with E-state index < -0.39 is 0 Å². The Hall–Kier alpha value is -1.38. The van der Waals surface area contributed by atoms with Crippen LogP contribution in [0.15, 0.2) is 63.5 Å². The van der Waals surface area contributed by atoms with Gasteiger partial charge in [-0.15, -0.1) is 0 Å². The third-order valence-corrected chi connectivity index (χ3v) is 7.35. The fraction of sp³-hybridized carbons (Fsp3) is 0.333. The summed E-state index contributed by atoms with van der Waals surface area (Å²) in [5.74, 6) is 0. The van der Waals surface area contributed by atoms with Crippen molar-refractivity contribution in [1.82, 2.24) is 0 Å². The standard InChI is InChI=1S/C27H28Br2/c1-4-5-6-7-8-19-13-18(2)14-20(15-19)27(3)25-16-21(28)9-11-23(25)24-12-10-22(29)17-26(24)27/h9-17H,4-8H2,1-3H3. The fourth-order valence-electron chi connectivity index (χ4n) is 4.84. The van der Waals surface area contributed by atoms with E-state index in [-0.39, 0.29) is 5.41 Å². The van der Waals surface area contributed by atoms with Crippen LogP contribution in [0.5, 0.6) is 0 Å². The summed E-state index contributed by atoms with van der Waals surface area (Å²) in [6, 6.07) is 20.7. The molecule has 0 saturated carbocycles. The SMILES string of the molecule is CCCCCCc1cc(C)cc(C2(C)c3cc(Br)ccc3-c3ccc(Br)cc32)c1. The average molecular weight is 512 g/mol. The maximum absolute atomic E-state index is 3.72. The molecule has 0 saturated heterocycles. The predicted molar refractivity (Wildman–Crippen MR) is 132 cm³/mol. The Balaban J connectivity index is 1.85. The second kappa shape index (κ2) is 8.40. The molecule has 0 bridgehead atoms. The molecule has 0 spiro atoms. The summed E-state index contributed by atoms with van der Waals surface area (Å²) in [6.45, 7) is 6.91. The predicted octanol–water partition coefficient (Wildman–Crippen LogP) is 8.98. The normalized spacial score (nSPS) is 14.0. The van der Waals surface area contributed by atoms with Crippen LogP contribution >= 0.6 is 31.9 Å². The van der Waals surface area contributed by atoms with Gasteiger partial charge in [-0.1, -0.05) is 93.9 Å². The number of hydrogen-bond acceptors (Lipinski definition) is 0. The van der Waals surface area contributed by atoms with Gasteiger partial charge in [0.15, 0.2) is 0 Å². The topological polar surface area (TPSA) is 0 Å². The molecular weight excluding hydrogens is 484 g/mol. The highest BCUT2D eigenvalue weighted by atomic mass is 79.9. The van der Waals surface area contributed by atoms with Crippen LogP contribution in [0.3, 0.4) is 0 Å². The van der Waals surface area contributed by atoms with Gasteiger partial charge in [-0.25, -0.2) is 0 Å². The van der Waals surface area contributed by atoms with Crippen LogP contribution in [0.2, 0.25) is 0 Å². The van der Waals surface area contributed by atoms with E-state index in [0.29, 0.717) is 0 Å². The van der Waals surface area contributed by atoms with Crippen molar-refractivity contribution in [2.24, 2.45) is 0 Å². The zero-order valence-electron chi connectivity index (χ0n) is 17.5. The van der Waals surface area contributed by atoms with Crippen LogP contribution in [-0.2, 0) is 11.8 Å². The summed E-state index contributed by atoms with van der Waals surface area (Å²) in [5.41, 5.74) is 9.56. The van der Waals surface area contributed by atoms with E-state index in [4.69, 9.17) is 0 Å². The molecule has 3 aromatic rings. The van der Waals surface area contributed by atoms with E-state index in [1.54, 1.807) is 0 Å². The molecule has 0 amide bonds. The Morgan fingerprint density at radius 2 is 1.38 bits per heavy atom. The first-order valence-electron chi connectivity index (χ1n) is 10.6. The Morgan fingerprint density at radius 3 is 1.97 bits per heavy atom. The van der Waals surface area contributed by atoms with Crippen molar-refractivity contribution in [3.8, 4) is 11.1 Å². The van der Waals surface area contributed by atoms with Crippen molar-refractivity contribution in [1.29, 1.82) is 0 Å². The third kappa shape index (κ3) is 3.86. The van der Waals surface area contributed by atoms with Gasteiger partial charge < -0.3 is 0 Å². The van der Waals surface area contributed by atoms with Gasteiger partial charge in [0.05, 0.1) is 0 Å². The minimum atomic E-state index is -0.150. The zero-order valence-corrected chi connectivity index (χ0v) is 20.7. The summed E-state index contributed by atoms with van der Waals surface area (Å²) in [4.78, 5) is 0. The Bertz CT molecular complexity index is 997. The van der Waals surface area contributed by atoms with E-state index in [1.807, 2.05) is 0 Å². The molecule has 0 unspecified atom stereocenters. The molecule has 4 rings (SSSR count). The lowest BCUT2D eigenvalue weighted by atomic mass is 9.73. The van der Waals surface area contributed by atoms with Gasteiger partial charge in [0.2, 0.25) is 0 Å². The first-order valence-corrected chi connectivity index (χ1v) is 12.2. The van der Waals surface area contributed by atoms with Gasteiger partial charge in [-0.2, -0.15) is 0 Å². The number of fused-ring (bicyclic) bond motifs is 3. The Labute approximate surface area is 192 Å².